The summed E-state index contributed by atoms with van der Waals surface area (Å²) >= 11 is 0. The minimum Gasteiger partial charge on any atom is -0.381 e. The molecule has 7 unspecified atom stereocenters. The maximum Gasteiger partial charge on any atom is 0.534 e. The zero-order valence-electron chi connectivity index (χ0n) is 22.0. The molecule has 35 heavy (non-hydrogen) atoms. The van der Waals surface area contributed by atoms with Gasteiger partial charge in [0.05, 0.1) is 0 Å². The van der Waals surface area contributed by atoms with E-state index in [4.69, 9.17) is 0 Å². The highest BCUT2D eigenvalue weighted by atomic mass is 32.2. The predicted molar refractivity (Wildman–Crippen MR) is 133 cm³/mol. The maximum absolute atomic E-state index is 12.8. The van der Waals surface area contributed by atoms with Crippen molar-refractivity contribution in [1.29, 1.82) is 0 Å². The van der Waals surface area contributed by atoms with E-state index in [1.165, 1.54) is 38.5 Å². The Balaban J connectivity index is 1.51. The molecule has 0 N–H and O–H groups in total. The Morgan fingerprint density at radius 3 is 2.43 bits per heavy atom. The van der Waals surface area contributed by atoms with Gasteiger partial charge in [-0.15, -0.1) is 0 Å². The molecule has 2 fully saturated rings. The smallest absolute Gasteiger partial charge is 0.381 e. The molecule has 0 aromatic heterocycles. The van der Waals surface area contributed by atoms with E-state index in [1.54, 1.807) is 6.08 Å². The molecule has 0 radical (unpaired) electrons. The Morgan fingerprint density at radius 1 is 1.06 bits per heavy atom. The summed E-state index contributed by atoms with van der Waals surface area (Å²) in [7, 11) is -5.62. The molecule has 7 atom stereocenters. The van der Waals surface area contributed by atoms with Crippen molar-refractivity contribution in [2.75, 3.05) is 0 Å². The zero-order valence-corrected chi connectivity index (χ0v) is 22.8. The molecule has 0 bridgehead atoms. The zero-order chi connectivity index (χ0) is 25.8. The molecular formula is C28H43F3O3S. The monoisotopic (exact) mass is 516 g/mol. The minimum absolute atomic E-state index is 0.0821. The summed E-state index contributed by atoms with van der Waals surface area (Å²) in [5, 5.41) is 0. The second-order valence-corrected chi connectivity index (χ2v) is 14.4. The van der Waals surface area contributed by atoms with Crippen LogP contribution in [0.1, 0.15) is 98.8 Å². The molecule has 0 spiro atoms. The van der Waals surface area contributed by atoms with E-state index in [0.29, 0.717) is 29.6 Å². The molecule has 4 aliphatic carbocycles. The van der Waals surface area contributed by atoms with Crippen molar-refractivity contribution in [2.24, 2.45) is 46.3 Å². The van der Waals surface area contributed by atoms with Gasteiger partial charge >= 0.3 is 15.6 Å². The number of rotatable bonds is 7. The molecule has 200 valence electrons. The summed E-state index contributed by atoms with van der Waals surface area (Å²) in [6.07, 6.45) is 14.4. The van der Waals surface area contributed by atoms with Gasteiger partial charge in [-0.25, -0.2) is 0 Å². The molecule has 4 aliphatic rings. The summed E-state index contributed by atoms with van der Waals surface area (Å²) in [4.78, 5) is 0. The van der Waals surface area contributed by atoms with Crippen LogP contribution in [0.2, 0.25) is 0 Å². The average Bonchev–Trinajstić information content (AvgIpc) is 3.10. The highest BCUT2D eigenvalue weighted by Gasteiger charge is 2.59. The van der Waals surface area contributed by atoms with Crippen LogP contribution in [0, 0.1) is 46.3 Å². The van der Waals surface area contributed by atoms with Crippen molar-refractivity contribution in [3.63, 3.8) is 0 Å². The maximum atomic E-state index is 12.8. The van der Waals surface area contributed by atoms with Crippen LogP contribution in [0.25, 0.3) is 0 Å². The Bertz CT molecular complexity index is 966. The first kappa shape index (κ1) is 27.1. The van der Waals surface area contributed by atoms with Crippen LogP contribution in [-0.4, -0.2) is 13.9 Å². The first-order chi connectivity index (χ1) is 16.2. The number of halogens is 3. The lowest BCUT2D eigenvalue weighted by atomic mass is 9.47. The number of hydrogen-bond acceptors (Lipinski definition) is 3. The van der Waals surface area contributed by atoms with Crippen molar-refractivity contribution in [3.8, 4) is 0 Å². The van der Waals surface area contributed by atoms with Crippen LogP contribution in [0.3, 0.4) is 0 Å². The molecule has 4 rings (SSSR count). The largest absolute Gasteiger partial charge is 0.534 e. The lowest BCUT2D eigenvalue weighted by Gasteiger charge is -2.57. The topological polar surface area (TPSA) is 43.4 Å². The normalized spacial score (nSPS) is 38.2. The quantitative estimate of drug-likeness (QED) is 0.252. The minimum atomic E-state index is -5.62. The van der Waals surface area contributed by atoms with Crippen LogP contribution in [0.4, 0.5) is 13.2 Å². The van der Waals surface area contributed by atoms with Gasteiger partial charge in [0.15, 0.2) is 0 Å². The molecule has 0 heterocycles. The van der Waals surface area contributed by atoms with Gasteiger partial charge in [0, 0.05) is 6.42 Å². The van der Waals surface area contributed by atoms with Crippen LogP contribution in [0.15, 0.2) is 23.5 Å². The highest BCUT2D eigenvalue weighted by molar-refractivity contribution is 7.87. The van der Waals surface area contributed by atoms with Gasteiger partial charge in [-0.1, -0.05) is 60.0 Å². The van der Waals surface area contributed by atoms with Crippen molar-refractivity contribution >= 4 is 10.1 Å². The number of hydrogen-bond donors (Lipinski definition) is 0. The van der Waals surface area contributed by atoms with E-state index in [-0.39, 0.29) is 17.6 Å². The van der Waals surface area contributed by atoms with Crippen molar-refractivity contribution in [1.82, 2.24) is 0 Å². The van der Waals surface area contributed by atoms with Crippen LogP contribution < -0.4 is 0 Å². The predicted octanol–water partition coefficient (Wildman–Crippen LogP) is 8.39. The standard InChI is InChI=1S/C28H43F3O3S/c1-18(2)7-6-8-19(3)23-11-12-24-22-10-9-20-17-21(34-35(32,33)28(29,30)31)13-15-26(20,4)25(22)14-16-27(23,24)5/h9,17-19,22-25H,6-8,10-16H2,1-5H3. The Hall–Kier alpha value is -0.980. The van der Waals surface area contributed by atoms with Gasteiger partial charge in [-0.3, -0.25) is 0 Å². The van der Waals surface area contributed by atoms with Gasteiger partial charge < -0.3 is 4.18 Å². The summed E-state index contributed by atoms with van der Waals surface area (Å²) < 4.78 is 66.0. The van der Waals surface area contributed by atoms with Gasteiger partial charge in [0.1, 0.15) is 5.76 Å². The lowest BCUT2D eigenvalue weighted by molar-refractivity contribution is -0.0537. The third-order valence-corrected chi connectivity index (χ3v) is 11.4. The van der Waals surface area contributed by atoms with Gasteiger partial charge in [0.25, 0.3) is 0 Å². The Morgan fingerprint density at radius 2 is 1.77 bits per heavy atom. The lowest BCUT2D eigenvalue weighted by Crippen LogP contribution is -2.49. The van der Waals surface area contributed by atoms with E-state index >= 15 is 0 Å². The number of fused-ring (bicyclic) bond motifs is 5. The van der Waals surface area contributed by atoms with Crippen LogP contribution >= 0.6 is 0 Å². The van der Waals surface area contributed by atoms with Crippen LogP contribution in [0.5, 0.6) is 0 Å². The number of allylic oxidation sites excluding steroid dienone is 4. The second kappa shape index (κ2) is 9.40. The van der Waals surface area contributed by atoms with Crippen molar-refractivity contribution < 1.29 is 25.8 Å². The fourth-order valence-corrected chi connectivity index (χ4v) is 9.09. The number of alkyl halides is 3. The van der Waals surface area contributed by atoms with E-state index in [9.17, 15) is 21.6 Å². The molecule has 0 amide bonds. The first-order valence-electron chi connectivity index (χ1n) is 13.6. The van der Waals surface area contributed by atoms with E-state index in [0.717, 1.165) is 36.2 Å². The molecule has 3 nitrogen and oxygen atoms in total. The SMILES string of the molecule is CC(C)CCCC(C)C1CCC2C3CC=C4C=C(OS(=O)(=O)C(F)(F)F)CCC4(C)C3CCC12C. The molecule has 0 saturated heterocycles. The van der Waals surface area contributed by atoms with Crippen LogP contribution in [-0.2, 0) is 14.3 Å². The Labute approximate surface area is 210 Å². The Kier molecular flexibility index (Phi) is 7.27. The van der Waals surface area contributed by atoms with Crippen molar-refractivity contribution in [3.05, 3.63) is 23.5 Å². The highest BCUT2D eigenvalue weighted by Crippen LogP contribution is 2.67. The van der Waals surface area contributed by atoms with E-state index in [2.05, 4.69) is 44.9 Å². The molecule has 2 saturated carbocycles. The summed E-state index contributed by atoms with van der Waals surface area (Å²) in [5.74, 6) is 3.99. The summed E-state index contributed by atoms with van der Waals surface area (Å²) in [6, 6.07) is 0. The molecule has 0 aromatic carbocycles. The second-order valence-electron chi connectivity index (χ2n) is 12.8. The first-order valence-corrected chi connectivity index (χ1v) is 15.0. The molecule has 0 aliphatic heterocycles. The van der Waals surface area contributed by atoms with Crippen molar-refractivity contribution in [2.45, 2.75) is 104 Å². The summed E-state index contributed by atoms with van der Waals surface area (Å²) in [5.41, 5.74) is -4.18. The molecular weight excluding hydrogens is 473 g/mol. The molecule has 0 aromatic rings. The van der Waals surface area contributed by atoms with E-state index in [1.807, 2.05) is 0 Å². The van der Waals surface area contributed by atoms with E-state index < -0.39 is 15.6 Å². The fraction of sp³-hybridized carbons (Fsp3) is 0.857. The van der Waals surface area contributed by atoms with Gasteiger partial charge in [-0.05, 0) is 96.5 Å². The third-order valence-electron chi connectivity index (χ3n) is 10.4. The van der Waals surface area contributed by atoms with Gasteiger partial charge in [-0.2, -0.15) is 21.6 Å². The molecule has 7 heteroatoms. The van der Waals surface area contributed by atoms with Gasteiger partial charge in [0.2, 0.25) is 0 Å². The average molecular weight is 517 g/mol. The summed E-state index contributed by atoms with van der Waals surface area (Å²) in [6.45, 7) is 11.9. The third kappa shape index (κ3) is 4.84. The fourth-order valence-electron chi connectivity index (χ4n) is 8.58.